The summed E-state index contributed by atoms with van der Waals surface area (Å²) in [6.07, 6.45) is 0. The molecule has 0 radical (unpaired) electrons. The molecular weight excluding hydrogens is 297 g/mol. The van der Waals surface area contributed by atoms with E-state index in [1.165, 1.54) is 12.1 Å². The first-order valence-corrected chi connectivity index (χ1v) is 6.34. The van der Waals surface area contributed by atoms with Crippen LogP contribution in [0, 0.1) is 5.82 Å². The van der Waals surface area contributed by atoms with Crippen LogP contribution >= 0.6 is 15.9 Å². The van der Waals surface area contributed by atoms with Crippen LogP contribution in [0.4, 0.5) is 4.39 Å². The predicted molar refractivity (Wildman–Crippen MR) is 73.2 cm³/mol. The molecule has 2 aromatic carbocycles. The zero-order valence-corrected chi connectivity index (χ0v) is 11.4. The minimum Gasteiger partial charge on any atom is -0.456 e. The Hall–Kier alpha value is -1.39. The van der Waals surface area contributed by atoms with Crippen molar-refractivity contribution in [2.24, 2.45) is 5.73 Å². The monoisotopic (exact) mass is 309 g/mol. The summed E-state index contributed by atoms with van der Waals surface area (Å²) in [5.74, 6) is 0.957. The third-order valence-corrected chi connectivity index (χ3v) is 3.15. The Morgan fingerprint density at radius 3 is 2.39 bits per heavy atom. The van der Waals surface area contributed by atoms with Crippen molar-refractivity contribution < 1.29 is 9.13 Å². The highest BCUT2D eigenvalue weighted by molar-refractivity contribution is 9.10. The number of ether oxygens (including phenoxy) is 1. The molecule has 0 aromatic heterocycles. The Labute approximate surface area is 114 Å². The second kappa shape index (κ2) is 5.50. The predicted octanol–water partition coefficient (Wildman–Crippen LogP) is 4.40. The maximum Gasteiger partial charge on any atom is 0.141 e. The molecule has 2 N–H and O–H groups in total. The fraction of sp³-hybridized carbons (Fsp3) is 0.143. The number of nitrogens with two attached hydrogens (primary N) is 1. The van der Waals surface area contributed by atoms with Crippen molar-refractivity contribution in [3.05, 3.63) is 58.3 Å². The Balaban J connectivity index is 2.18. The van der Waals surface area contributed by atoms with Crippen LogP contribution < -0.4 is 10.5 Å². The standard InChI is InChI=1S/C14H13BrFNO/c1-9(17)10-2-5-12(6-3-10)18-14-7-4-11(16)8-13(14)15/h2-9H,17H2,1H3. The molecule has 0 aliphatic heterocycles. The number of benzene rings is 2. The average Bonchev–Trinajstić information content (AvgIpc) is 2.33. The summed E-state index contributed by atoms with van der Waals surface area (Å²) in [7, 11) is 0. The molecule has 0 aliphatic rings. The molecule has 0 spiro atoms. The topological polar surface area (TPSA) is 35.2 Å². The Bertz CT molecular complexity index is 540. The highest BCUT2D eigenvalue weighted by atomic mass is 79.9. The molecular formula is C14H13BrFNO. The zero-order valence-electron chi connectivity index (χ0n) is 9.86. The van der Waals surface area contributed by atoms with Gasteiger partial charge in [-0.3, -0.25) is 0 Å². The van der Waals surface area contributed by atoms with Gasteiger partial charge < -0.3 is 10.5 Å². The molecule has 0 aliphatic carbocycles. The Kier molecular flexibility index (Phi) is 3.99. The van der Waals surface area contributed by atoms with Crippen LogP contribution in [0.3, 0.4) is 0 Å². The van der Waals surface area contributed by atoms with Crippen LogP contribution in [0.1, 0.15) is 18.5 Å². The molecule has 94 valence electrons. The van der Waals surface area contributed by atoms with Crippen molar-refractivity contribution in [2.45, 2.75) is 13.0 Å². The fourth-order valence-electron chi connectivity index (χ4n) is 1.52. The van der Waals surface area contributed by atoms with Gasteiger partial charge in [0.05, 0.1) is 4.47 Å². The van der Waals surface area contributed by atoms with Crippen LogP contribution in [0.25, 0.3) is 0 Å². The molecule has 2 aromatic rings. The average molecular weight is 310 g/mol. The van der Waals surface area contributed by atoms with Crippen LogP contribution in [0.15, 0.2) is 46.9 Å². The van der Waals surface area contributed by atoms with Crippen molar-refractivity contribution in [1.29, 1.82) is 0 Å². The molecule has 1 atom stereocenters. The largest absolute Gasteiger partial charge is 0.456 e. The summed E-state index contributed by atoms with van der Waals surface area (Å²) in [4.78, 5) is 0. The van der Waals surface area contributed by atoms with E-state index in [0.717, 1.165) is 5.56 Å². The van der Waals surface area contributed by atoms with Crippen molar-refractivity contribution in [1.82, 2.24) is 0 Å². The summed E-state index contributed by atoms with van der Waals surface area (Å²) in [6, 6.07) is 11.8. The maximum absolute atomic E-state index is 12.9. The number of halogens is 2. The molecule has 0 fully saturated rings. The fourth-order valence-corrected chi connectivity index (χ4v) is 1.96. The van der Waals surface area contributed by atoms with Gasteiger partial charge in [-0.05, 0) is 58.7 Å². The van der Waals surface area contributed by atoms with Gasteiger partial charge in [0.2, 0.25) is 0 Å². The van der Waals surface area contributed by atoms with Crippen LogP contribution in [0.5, 0.6) is 11.5 Å². The van der Waals surface area contributed by atoms with Gasteiger partial charge in [-0.2, -0.15) is 0 Å². The quantitative estimate of drug-likeness (QED) is 0.912. The van der Waals surface area contributed by atoms with E-state index in [4.69, 9.17) is 10.5 Å². The second-order valence-electron chi connectivity index (χ2n) is 4.03. The summed E-state index contributed by atoms with van der Waals surface area (Å²) in [5.41, 5.74) is 6.81. The van der Waals surface area contributed by atoms with Crippen molar-refractivity contribution >= 4 is 15.9 Å². The minimum absolute atomic E-state index is 0.00314. The smallest absolute Gasteiger partial charge is 0.141 e. The summed E-state index contributed by atoms with van der Waals surface area (Å²) < 4.78 is 19.2. The lowest BCUT2D eigenvalue weighted by molar-refractivity contribution is 0.477. The van der Waals surface area contributed by atoms with E-state index >= 15 is 0 Å². The maximum atomic E-state index is 12.9. The van der Waals surface area contributed by atoms with Gasteiger partial charge in [-0.15, -0.1) is 0 Å². The second-order valence-corrected chi connectivity index (χ2v) is 4.89. The molecule has 0 heterocycles. The van der Waals surface area contributed by atoms with Gasteiger partial charge in [0, 0.05) is 6.04 Å². The molecule has 18 heavy (non-hydrogen) atoms. The number of rotatable bonds is 3. The summed E-state index contributed by atoms with van der Waals surface area (Å²) in [6.45, 7) is 1.92. The molecule has 0 bridgehead atoms. The molecule has 1 unspecified atom stereocenters. The van der Waals surface area contributed by atoms with Gasteiger partial charge in [0.1, 0.15) is 17.3 Å². The van der Waals surface area contributed by atoms with Crippen molar-refractivity contribution in [2.75, 3.05) is 0 Å². The van der Waals surface area contributed by atoms with Gasteiger partial charge >= 0.3 is 0 Å². The molecule has 2 nitrogen and oxygen atoms in total. The molecule has 4 heteroatoms. The van der Waals surface area contributed by atoms with Gasteiger partial charge in [-0.25, -0.2) is 4.39 Å². The molecule has 2 rings (SSSR count). The molecule has 0 amide bonds. The van der Waals surface area contributed by atoms with E-state index in [1.54, 1.807) is 6.07 Å². The minimum atomic E-state index is -0.304. The highest BCUT2D eigenvalue weighted by Gasteiger charge is 2.05. The van der Waals surface area contributed by atoms with E-state index < -0.39 is 0 Å². The first-order chi connectivity index (χ1) is 8.56. The molecule has 0 saturated carbocycles. The third kappa shape index (κ3) is 3.09. The highest BCUT2D eigenvalue weighted by Crippen LogP contribution is 2.30. The van der Waals surface area contributed by atoms with Crippen LogP contribution in [-0.2, 0) is 0 Å². The van der Waals surface area contributed by atoms with Gasteiger partial charge in [0.15, 0.2) is 0 Å². The van der Waals surface area contributed by atoms with E-state index in [1.807, 2.05) is 31.2 Å². The molecule has 0 saturated heterocycles. The summed E-state index contributed by atoms with van der Waals surface area (Å²) >= 11 is 3.26. The lowest BCUT2D eigenvalue weighted by Gasteiger charge is -2.09. The van der Waals surface area contributed by atoms with Crippen LogP contribution in [0.2, 0.25) is 0 Å². The normalized spacial score (nSPS) is 12.2. The van der Waals surface area contributed by atoms with Gasteiger partial charge in [0.25, 0.3) is 0 Å². The third-order valence-electron chi connectivity index (χ3n) is 2.53. The van der Waals surface area contributed by atoms with Crippen molar-refractivity contribution in [3.63, 3.8) is 0 Å². The van der Waals surface area contributed by atoms with Crippen molar-refractivity contribution in [3.8, 4) is 11.5 Å². The lowest BCUT2D eigenvalue weighted by Crippen LogP contribution is -2.04. The Morgan fingerprint density at radius 1 is 1.17 bits per heavy atom. The first kappa shape index (κ1) is 13.1. The van der Waals surface area contributed by atoms with Gasteiger partial charge in [-0.1, -0.05) is 12.1 Å². The number of hydrogen-bond acceptors (Lipinski definition) is 2. The van der Waals surface area contributed by atoms with E-state index in [2.05, 4.69) is 15.9 Å². The number of hydrogen-bond donors (Lipinski definition) is 1. The first-order valence-electron chi connectivity index (χ1n) is 5.54. The SMILES string of the molecule is CC(N)c1ccc(Oc2ccc(F)cc2Br)cc1. The van der Waals surface area contributed by atoms with E-state index in [0.29, 0.717) is 16.0 Å². The van der Waals surface area contributed by atoms with E-state index in [9.17, 15) is 4.39 Å². The lowest BCUT2D eigenvalue weighted by atomic mass is 10.1. The Morgan fingerprint density at radius 2 is 1.83 bits per heavy atom. The summed E-state index contributed by atoms with van der Waals surface area (Å²) in [5, 5.41) is 0. The zero-order chi connectivity index (χ0) is 13.1. The van der Waals surface area contributed by atoms with Crippen LogP contribution in [-0.4, -0.2) is 0 Å². The van der Waals surface area contributed by atoms with E-state index in [-0.39, 0.29) is 11.9 Å².